The molecule has 0 aliphatic heterocycles. The van der Waals surface area contributed by atoms with Gasteiger partial charge in [-0.25, -0.2) is 0 Å². The van der Waals surface area contributed by atoms with E-state index in [-0.39, 0.29) is 0 Å². The Kier molecular flexibility index (Phi) is 7.25. The molecule has 53 heavy (non-hydrogen) atoms. The normalized spacial score (nSPS) is 12.5. The Balaban J connectivity index is 1.21. The van der Waals surface area contributed by atoms with Crippen LogP contribution in [0.3, 0.4) is 0 Å². The van der Waals surface area contributed by atoms with Crippen molar-refractivity contribution < 1.29 is 0 Å². The summed E-state index contributed by atoms with van der Waals surface area (Å²) in [6.07, 6.45) is 5.02. The summed E-state index contributed by atoms with van der Waals surface area (Å²) in [4.78, 5) is 1.28. The Hall–Kier alpha value is -6.22. The van der Waals surface area contributed by atoms with Gasteiger partial charge in [0.25, 0.3) is 0 Å². The van der Waals surface area contributed by atoms with Crippen molar-refractivity contribution in [2.75, 3.05) is 0 Å². The summed E-state index contributed by atoms with van der Waals surface area (Å²) in [6.45, 7) is 13.3. The van der Waals surface area contributed by atoms with Crippen LogP contribution >= 0.6 is 11.3 Å². The number of benzene rings is 7. The third-order valence-corrected chi connectivity index (χ3v) is 12.6. The van der Waals surface area contributed by atoms with E-state index in [1.54, 1.807) is 0 Å². The Morgan fingerprint density at radius 1 is 0.547 bits per heavy atom. The predicted molar refractivity (Wildman–Crippen MR) is 231 cm³/mol. The first-order chi connectivity index (χ1) is 26.1. The lowest BCUT2D eigenvalue weighted by Crippen LogP contribution is -2.00. The van der Waals surface area contributed by atoms with Crippen LogP contribution in [0.2, 0.25) is 0 Å². The fraction of sp³-hybridized carbons (Fsp3) is 0.0588. The number of aromatic nitrogens is 1. The molecule has 0 N–H and O–H groups in total. The van der Waals surface area contributed by atoms with Gasteiger partial charge >= 0.3 is 0 Å². The van der Waals surface area contributed by atoms with E-state index >= 15 is 0 Å². The van der Waals surface area contributed by atoms with Crippen LogP contribution in [-0.2, 0) is 6.42 Å². The molecule has 1 aliphatic rings. The molecule has 0 fully saturated rings. The third kappa shape index (κ3) is 4.49. The van der Waals surface area contributed by atoms with E-state index in [4.69, 9.17) is 0 Å². The first-order valence-corrected chi connectivity index (χ1v) is 19.2. The first kappa shape index (κ1) is 31.5. The molecule has 0 bridgehead atoms. The molecule has 252 valence electrons. The number of thiophene rings is 1. The van der Waals surface area contributed by atoms with Gasteiger partial charge in [-0.15, -0.1) is 11.3 Å². The van der Waals surface area contributed by atoms with Gasteiger partial charge < -0.3 is 4.57 Å². The van der Waals surface area contributed by atoms with Gasteiger partial charge in [0.2, 0.25) is 0 Å². The first-order valence-electron chi connectivity index (χ1n) is 18.4. The molecule has 0 unspecified atom stereocenters. The highest BCUT2D eigenvalue weighted by atomic mass is 32.1. The topological polar surface area (TPSA) is 4.93 Å². The summed E-state index contributed by atoms with van der Waals surface area (Å²) in [5.41, 5.74) is 16.1. The Morgan fingerprint density at radius 2 is 1.11 bits per heavy atom. The van der Waals surface area contributed by atoms with Gasteiger partial charge in [0.15, 0.2) is 0 Å². The number of para-hydroxylation sites is 1. The van der Waals surface area contributed by atoms with Crippen LogP contribution in [-0.4, -0.2) is 4.57 Å². The molecule has 0 saturated carbocycles. The average molecular weight is 696 g/mol. The molecule has 7 aromatic carbocycles. The highest BCUT2D eigenvalue weighted by Gasteiger charge is 2.25. The Bertz CT molecular complexity index is 3000. The average Bonchev–Trinajstić information content (AvgIpc) is 3.84. The Labute approximate surface area is 314 Å². The van der Waals surface area contributed by atoms with Crippen LogP contribution in [0.25, 0.3) is 92.7 Å². The van der Waals surface area contributed by atoms with E-state index in [0.29, 0.717) is 0 Å². The van der Waals surface area contributed by atoms with Crippen LogP contribution in [0.4, 0.5) is 0 Å². The summed E-state index contributed by atoms with van der Waals surface area (Å²) < 4.78 is 3.76. The van der Waals surface area contributed by atoms with E-state index in [1.807, 2.05) is 23.5 Å². The smallest absolute Gasteiger partial charge is 0.0538 e. The molecule has 0 radical (unpaired) electrons. The second-order valence-corrected chi connectivity index (χ2v) is 15.0. The standard InChI is InChI=1S/C51H37NS/c1-5-32(33(6-2)51-34(7-3)41-21-13-15-26-48(41)53-51)49-31(4)52(46-25-14-12-22-45(46)49)47-30-29-38(35-17-10-11-20-40(35)47)39-27-28-44-37-19-9-8-18-36(37)42-23-16-24-43(39)50(42)44/h5-6,8-30H,1-2,7H2,3-4H3/b33-32+. The number of nitrogens with zero attached hydrogens (tertiary/aromatic N) is 1. The molecule has 1 aliphatic carbocycles. The zero-order chi connectivity index (χ0) is 35.8. The van der Waals surface area contributed by atoms with E-state index in [9.17, 15) is 0 Å². The lowest BCUT2D eigenvalue weighted by molar-refractivity contribution is 1.06. The van der Waals surface area contributed by atoms with Gasteiger partial charge in [0.1, 0.15) is 0 Å². The molecule has 2 heteroatoms. The zero-order valence-electron chi connectivity index (χ0n) is 29.9. The number of fused-ring (bicyclic) bond motifs is 6. The summed E-state index contributed by atoms with van der Waals surface area (Å²) in [5.74, 6) is 0. The van der Waals surface area contributed by atoms with Crippen LogP contribution in [0.1, 0.15) is 28.6 Å². The van der Waals surface area contributed by atoms with Crippen molar-refractivity contribution in [3.63, 3.8) is 0 Å². The summed E-state index contributed by atoms with van der Waals surface area (Å²) in [5, 5.41) is 7.64. The molecule has 0 amide bonds. The van der Waals surface area contributed by atoms with Crippen LogP contribution < -0.4 is 0 Å². The largest absolute Gasteiger partial charge is 0.313 e. The Morgan fingerprint density at radius 3 is 1.87 bits per heavy atom. The van der Waals surface area contributed by atoms with Gasteiger partial charge in [-0.2, -0.15) is 0 Å². The van der Waals surface area contributed by atoms with Crippen molar-refractivity contribution >= 4 is 65.0 Å². The maximum Gasteiger partial charge on any atom is 0.0538 e. The van der Waals surface area contributed by atoms with E-state index in [2.05, 4.69) is 171 Å². The number of aryl methyl sites for hydroxylation is 1. The highest BCUT2D eigenvalue weighted by molar-refractivity contribution is 7.20. The fourth-order valence-electron chi connectivity index (χ4n) is 9.11. The number of rotatable bonds is 7. The minimum Gasteiger partial charge on any atom is -0.313 e. The molecule has 9 aromatic rings. The minimum absolute atomic E-state index is 0.951. The van der Waals surface area contributed by atoms with Gasteiger partial charge in [-0.1, -0.05) is 154 Å². The molecular formula is C51H37NS. The van der Waals surface area contributed by atoms with Crippen molar-refractivity contribution in [1.82, 2.24) is 4.57 Å². The van der Waals surface area contributed by atoms with E-state index in [1.165, 1.54) is 103 Å². The zero-order valence-corrected chi connectivity index (χ0v) is 30.7. The minimum atomic E-state index is 0.951. The van der Waals surface area contributed by atoms with Gasteiger partial charge in [-0.3, -0.25) is 0 Å². The maximum atomic E-state index is 4.41. The molecular weight excluding hydrogens is 659 g/mol. The number of hydrogen-bond acceptors (Lipinski definition) is 1. The van der Waals surface area contributed by atoms with Crippen LogP contribution in [0.5, 0.6) is 0 Å². The second kappa shape index (κ2) is 12.2. The molecule has 0 atom stereocenters. The van der Waals surface area contributed by atoms with Crippen molar-refractivity contribution in [3.8, 4) is 39.1 Å². The molecule has 0 spiro atoms. The van der Waals surface area contributed by atoms with E-state index in [0.717, 1.165) is 17.6 Å². The molecule has 2 heterocycles. The SMILES string of the molecule is C=C/C(=C(/C=C)c1c(C)n(-c2ccc(-c3ccc4c5c(cccc35)-c3ccccc3-4)c3ccccc23)c2ccccc12)c1sc2ccccc2c1CC. The fourth-order valence-corrected chi connectivity index (χ4v) is 10.5. The highest BCUT2D eigenvalue weighted by Crippen LogP contribution is 2.50. The van der Waals surface area contributed by atoms with Crippen LogP contribution in [0.15, 0.2) is 165 Å². The number of hydrogen-bond donors (Lipinski definition) is 0. The maximum absolute atomic E-state index is 4.41. The van der Waals surface area contributed by atoms with Gasteiger partial charge in [0.05, 0.1) is 11.2 Å². The molecule has 10 rings (SSSR count). The monoisotopic (exact) mass is 695 g/mol. The predicted octanol–water partition coefficient (Wildman–Crippen LogP) is 14.6. The quantitative estimate of drug-likeness (QED) is 0.146. The lowest BCUT2D eigenvalue weighted by atomic mass is 9.91. The van der Waals surface area contributed by atoms with Gasteiger partial charge in [-0.05, 0) is 103 Å². The van der Waals surface area contributed by atoms with Crippen molar-refractivity contribution in [2.45, 2.75) is 20.3 Å². The number of allylic oxidation sites excluding steroid dienone is 4. The molecule has 1 nitrogen and oxygen atoms in total. The van der Waals surface area contributed by atoms with Crippen molar-refractivity contribution in [1.29, 1.82) is 0 Å². The summed E-state index contributed by atoms with van der Waals surface area (Å²) in [6, 6.07) is 51.3. The molecule has 0 saturated heterocycles. The second-order valence-electron chi connectivity index (χ2n) is 13.9. The third-order valence-electron chi connectivity index (χ3n) is 11.4. The summed E-state index contributed by atoms with van der Waals surface area (Å²) >= 11 is 1.85. The van der Waals surface area contributed by atoms with Gasteiger partial charge in [0, 0.05) is 31.6 Å². The van der Waals surface area contributed by atoms with Crippen molar-refractivity contribution in [2.24, 2.45) is 0 Å². The molecule has 2 aromatic heterocycles. The lowest BCUT2D eigenvalue weighted by Gasteiger charge is -2.17. The van der Waals surface area contributed by atoms with Crippen LogP contribution in [0, 0.1) is 6.92 Å². The van der Waals surface area contributed by atoms with Crippen molar-refractivity contribution in [3.05, 3.63) is 187 Å². The van der Waals surface area contributed by atoms with E-state index < -0.39 is 0 Å². The summed E-state index contributed by atoms with van der Waals surface area (Å²) in [7, 11) is 0.